The van der Waals surface area contributed by atoms with E-state index in [1.165, 1.54) is 12.1 Å². The van der Waals surface area contributed by atoms with E-state index in [2.05, 4.69) is 4.98 Å². The lowest BCUT2D eigenvalue weighted by Gasteiger charge is -2.11. The predicted molar refractivity (Wildman–Crippen MR) is 56.5 cm³/mol. The Balaban J connectivity index is 2.11. The van der Waals surface area contributed by atoms with E-state index in [0.717, 1.165) is 0 Å². The molecule has 0 saturated heterocycles. The summed E-state index contributed by atoms with van der Waals surface area (Å²) < 4.78 is 5.48. The lowest BCUT2D eigenvalue weighted by molar-refractivity contribution is -0.991. The zero-order chi connectivity index (χ0) is 11.4. The highest BCUT2D eigenvalue weighted by molar-refractivity contribution is 5.37. The van der Waals surface area contributed by atoms with Gasteiger partial charge in [-0.25, -0.2) is 5.21 Å². The number of hydrogen-bond donors (Lipinski definition) is 2. The summed E-state index contributed by atoms with van der Waals surface area (Å²) in [7, 11) is 0. The van der Waals surface area contributed by atoms with E-state index >= 15 is 0 Å². The molecule has 0 amide bonds. The predicted octanol–water partition coefficient (Wildman–Crippen LogP) is 1.28. The Kier molecular flexibility index (Phi) is 3.11. The summed E-state index contributed by atoms with van der Waals surface area (Å²) in [4.78, 5) is 3.87. The molecule has 1 unspecified atom stereocenters. The molecule has 0 aliphatic rings. The molecule has 1 atom stereocenters. The molecular weight excluding hydrogens is 208 g/mol. The first-order chi connectivity index (χ1) is 7.75. The second kappa shape index (κ2) is 4.71. The van der Waals surface area contributed by atoms with E-state index in [4.69, 9.17) is 9.94 Å². The van der Waals surface area contributed by atoms with Crippen LogP contribution in [0.5, 0.6) is 11.5 Å². The zero-order valence-corrected chi connectivity index (χ0v) is 8.33. The molecule has 82 valence electrons. The second-order valence-electron chi connectivity index (χ2n) is 3.11. The Bertz CT molecular complexity index is 443. The third-order valence-electron chi connectivity index (χ3n) is 1.99. The minimum absolute atomic E-state index is 0.238. The van der Waals surface area contributed by atoms with Gasteiger partial charge in [0.15, 0.2) is 5.69 Å². The minimum atomic E-state index is -0.949. The largest absolute Gasteiger partial charge is 0.595 e. The average Bonchev–Trinajstić information content (AvgIpc) is 2.31. The van der Waals surface area contributed by atoms with Crippen molar-refractivity contribution in [2.24, 2.45) is 0 Å². The molecule has 1 aromatic carbocycles. The number of quaternary nitrogens is 1. The minimum Gasteiger partial charge on any atom is -0.595 e. The van der Waals surface area contributed by atoms with Crippen LogP contribution >= 0.6 is 0 Å². The lowest BCUT2D eigenvalue weighted by Crippen LogP contribution is -2.99. The van der Waals surface area contributed by atoms with Gasteiger partial charge < -0.3 is 9.94 Å². The van der Waals surface area contributed by atoms with E-state index in [9.17, 15) is 5.21 Å². The number of rotatable bonds is 3. The van der Waals surface area contributed by atoms with Crippen molar-refractivity contribution in [3.8, 4) is 11.5 Å². The smallest absolute Gasteiger partial charge is 0.164 e. The molecule has 0 bridgehead atoms. The van der Waals surface area contributed by atoms with Gasteiger partial charge in [0, 0.05) is 24.5 Å². The fourth-order valence-electron chi connectivity index (χ4n) is 1.21. The number of ether oxygens (including phenoxy) is 1. The monoisotopic (exact) mass is 218 g/mol. The van der Waals surface area contributed by atoms with Crippen LogP contribution in [0.2, 0.25) is 0 Å². The number of aromatic nitrogens is 1. The van der Waals surface area contributed by atoms with Crippen LogP contribution in [0.3, 0.4) is 0 Å². The van der Waals surface area contributed by atoms with Crippen molar-refractivity contribution in [3.63, 3.8) is 0 Å². The molecular formula is C11H10N2O3. The topological polar surface area (TPSA) is 69.9 Å². The van der Waals surface area contributed by atoms with Gasteiger partial charge in [0.2, 0.25) is 0 Å². The van der Waals surface area contributed by atoms with Gasteiger partial charge >= 0.3 is 0 Å². The van der Waals surface area contributed by atoms with Crippen LogP contribution in [-0.4, -0.2) is 10.2 Å². The van der Waals surface area contributed by atoms with Gasteiger partial charge in [-0.2, -0.15) is 5.23 Å². The van der Waals surface area contributed by atoms with Crippen LogP contribution in [-0.2, 0) is 0 Å². The molecule has 16 heavy (non-hydrogen) atoms. The average molecular weight is 218 g/mol. The summed E-state index contributed by atoms with van der Waals surface area (Å²) in [6.07, 6.45) is 3.25. The maximum Gasteiger partial charge on any atom is 0.164 e. The number of nitrogens with zero attached hydrogens (tertiary/aromatic N) is 1. The molecule has 0 radical (unpaired) electrons. The fourth-order valence-corrected chi connectivity index (χ4v) is 1.21. The van der Waals surface area contributed by atoms with Crippen molar-refractivity contribution in [1.29, 1.82) is 0 Å². The van der Waals surface area contributed by atoms with Crippen LogP contribution in [0.25, 0.3) is 0 Å². The molecule has 1 heterocycles. The van der Waals surface area contributed by atoms with Gasteiger partial charge in [-0.05, 0) is 24.3 Å². The molecule has 0 aliphatic heterocycles. The summed E-state index contributed by atoms with van der Waals surface area (Å²) in [6.45, 7) is 0. The Labute approximate surface area is 92.1 Å². The summed E-state index contributed by atoms with van der Waals surface area (Å²) in [5.74, 6) is 1.26. The van der Waals surface area contributed by atoms with Crippen LogP contribution in [0.4, 0.5) is 5.69 Å². The van der Waals surface area contributed by atoms with Gasteiger partial charge in [-0.15, -0.1) is 0 Å². The van der Waals surface area contributed by atoms with Crippen LogP contribution < -0.4 is 9.96 Å². The molecule has 0 fully saturated rings. The molecule has 0 saturated carbocycles. The fraction of sp³-hybridized carbons (Fsp3) is 0. The first-order valence-corrected chi connectivity index (χ1v) is 4.67. The summed E-state index contributed by atoms with van der Waals surface area (Å²) >= 11 is 0. The quantitative estimate of drug-likeness (QED) is 0.761. The van der Waals surface area contributed by atoms with E-state index < -0.39 is 5.23 Å². The number of benzene rings is 1. The summed E-state index contributed by atoms with van der Waals surface area (Å²) in [5, 5.41) is 18.4. The van der Waals surface area contributed by atoms with E-state index in [1.54, 1.807) is 36.7 Å². The van der Waals surface area contributed by atoms with Crippen molar-refractivity contribution in [3.05, 3.63) is 54.0 Å². The van der Waals surface area contributed by atoms with Crippen molar-refractivity contribution < 1.29 is 15.2 Å². The van der Waals surface area contributed by atoms with Gasteiger partial charge in [0.05, 0.1) is 0 Å². The maximum absolute atomic E-state index is 10.6. The van der Waals surface area contributed by atoms with Crippen LogP contribution in [0, 0.1) is 5.21 Å². The van der Waals surface area contributed by atoms with Crippen molar-refractivity contribution in [2.45, 2.75) is 0 Å². The second-order valence-corrected chi connectivity index (χ2v) is 3.11. The van der Waals surface area contributed by atoms with Crippen molar-refractivity contribution in [1.82, 2.24) is 4.98 Å². The molecule has 0 spiro atoms. The Morgan fingerprint density at radius 3 is 2.12 bits per heavy atom. The third kappa shape index (κ3) is 2.54. The molecule has 0 aliphatic carbocycles. The van der Waals surface area contributed by atoms with E-state index in [-0.39, 0.29) is 5.69 Å². The zero-order valence-electron chi connectivity index (χ0n) is 8.33. The highest BCUT2D eigenvalue weighted by atomic mass is 16.8. The van der Waals surface area contributed by atoms with Gasteiger partial charge in [-0.3, -0.25) is 4.98 Å². The lowest BCUT2D eigenvalue weighted by atomic mass is 10.3. The van der Waals surface area contributed by atoms with E-state index in [1.807, 2.05) is 0 Å². The molecule has 2 rings (SSSR count). The number of nitrogens with one attached hydrogen (secondary N) is 1. The van der Waals surface area contributed by atoms with E-state index in [0.29, 0.717) is 11.5 Å². The van der Waals surface area contributed by atoms with Crippen LogP contribution in [0.15, 0.2) is 48.8 Å². The number of hydrogen-bond acceptors (Lipinski definition) is 4. The summed E-state index contributed by atoms with van der Waals surface area (Å²) in [6, 6.07) is 9.68. The highest BCUT2D eigenvalue weighted by Crippen LogP contribution is 2.20. The molecule has 1 aromatic heterocycles. The number of pyridine rings is 1. The Morgan fingerprint density at radius 2 is 1.56 bits per heavy atom. The SMILES string of the molecule is [O-][NH+](O)c1ccc(Oc2ccncc2)cc1. The molecule has 5 nitrogen and oxygen atoms in total. The van der Waals surface area contributed by atoms with Gasteiger partial charge in [0.25, 0.3) is 0 Å². The molecule has 2 N–H and O–H groups in total. The first-order valence-electron chi connectivity index (χ1n) is 4.67. The highest BCUT2D eigenvalue weighted by Gasteiger charge is 2.00. The van der Waals surface area contributed by atoms with Crippen LogP contribution in [0.1, 0.15) is 0 Å². The van der Waals surface area contributed by atoms with Gasteiger partial charge in [-0.1, -0.05) is 0 Å². The third-order valence-corrected chi connectivity index (χ3v) is 1.99. The normalized spacial score (nSPS) is 12.1. The first kappa shape index (κ1) is 10.6. The van der Waals surface area contributed by atoms with Crippen molar-refractivity contribution in [2.75, 3.05) is 0 Å². The Hall–Kier alpha value is -1.95. The van der Waals surface area contributed by atoms with Crippen molar-refractivity contribution >= 4 is 5.69 Å². The standard InChI is InChI=1S/C11H10N2O3/c14-13(15)9-1-3-10(4-2-9)16-11-5-7-12-8-6-11/h1-8,13-14H. The van der Waals surface area contributed by atoms with Gasteiger partial charge in [0.1, 0.15) is 11.5 Å². The molecule has 5 heteroatoms. The Morgan fingerprint density at radius 1 is 1.00 bits per heavy atom. The summed E-state index contributed by atoms with van der Waals surface area (Å²) in [5.41, 5.74) is 0.238. The molecule has 2 aromatic rings. The maximum atomic E-state index is 10.6.